The highest BCUT2D eigenvalue weighted by molar-refractivity contribution is 9.10. The number of hydrogen-bond donors (Lipinski definition) is 1. The van der Waals surface area contributed by atoms with Crippen LogP contribution in [0.3, 0.4) is 0 Å². The highest BCUT2D eigenvalue weighted by Crippen LogP contribution is 2.13. The zero-order chi connectivity index (χ0) is 12.1. The van der Waals surface area contributed by atoms with E-state index in [1.54, 1.807) is 6.20 Å². The Morgan fingerprint density at radius 3 is 2.71 bits per heavy atom. The van der Waals surface area contributed by atoms with Gasteiger partial charge in [-0.2, -0.15) is 0 Å². The molecule has 1 aromatic carbocycles. The van der Waals surface area contributed by atoms with Crippen LogP contribution in [-0.4, -0.2) is 11.0 Å². The predicted octanol–water partition coefficient (Wildman–Crippen LogP) is 2.96. The van der Waals surface area contributed by atoms with Gasteiger partial charge in [0, 0.05) is 28.8 Å². The fraction of sp³-hybridized carbons (Fsp3) is 0.214. The van der Waals surface area contributed by atoms with Crippen molar-refractivity contribution in [3.63, 3.8) is 0 Å². The summed E-state index contributed by atoms with van der Waals surface area (Å²) >= 11 is 3.47. The molecule has 0 amide bonds. The van der Waals surface area contributed by atoms with Crippen molar-refractivity contribution < 1.29 is 0 Å². The van der Waals surface area contributed by atoms with Crippen LogP contribution < -0.4 is 5.73 Å². The van der Waals surface area contributed by atoms with Gasteiger partial charge in [-0.3, -0.25) is 4.98 Å². The molecule has 0 aliphatic rings. The Hall–Kier alpha value is -1.19. The minimum atomic E-state index is 0.110. The van der Waals surface area contributed by atoms with E-state index in [4.69, 9.17) is 5.73 Å². The molecule has 2 rings (SSSR count). The van der Waals surface area contributed by atoms with E-state index in [-0.39, 0.29) is 6.04 Å². The molecular formula is C14H15BrN2. The van der Waals surface area contributed by atoms with Crippen LogP contribution >= 0.6 is 15.9 Å². The van der Waals surface area contributed by atoms with Crippen LogP contribution in [-0.2, 0) is 12.8 Å². The summed E-state index contributed by atoms with van der Waals surface area (Å²) < 4.78 is 1.10. The lowest BCUT2D eigenvalue weighted by molar-refractivity contribution is 0.654. The van der Waals surface area contributed by atoms with Crippen LogP contribution in [0.15, 0.2) is 53.1 Å². The summed E-state index contributed by atoms with van der Waals surface area (Å²) in [7, 11) is 0. The predicted molar refractivity (Wildman–Crippen MR) is 73.8 cm³/mol. The lowest BCUT2D eigenvalue weighted by Gasteiger charge is -2.11. The van der Waals surface area contributed by atoms with E-state index in [1.807, 2.05) is 30.3 Å². The molecule has 0 fully saturated rings. The maximum Gasteiger partial charge on any atom is 0.0419 e. The van der Waals surface area contributed by atoms with Crippen LogP contribution in [0.25, 0.3) is 0 Å². The summed E-state index contributed by atoms with van der Waals surface area (Å²) in [5, 5.41) is 0. The van der Waals surface area contributed by atoms with Crippen molar-refractivity contribution in [1.82, 2.24) is 4.98 Å². The van der Waals surface area contributed by atoms with Gasteiger partial charge in [0.05, 0.1) is 0 Å². The van der Waals surface area contributed by atoms with Crippen LogP contribution in [0.2, 0.25) is 0 Å². The van der Waals surface area contributed by atoms with Crippen LogP contribution in [0.4, 0.5) is 0 Å². The van der Waals surface area contributed by atoms with Gasteiger partial charge in [-0.05, 0) is 36.2 Å². The van der Waals surface area contributed by atoms with Gasteiger partial charge in [0.2, 0.25) is 0 Å². The average molecular weight is 291 g/mol. The molecule has 0 spiro atoms. The van der Waals surface area contributed by atoms with Gasteiger partial charge >= 0.3 is 0 Å². The van der Waals surface area contributed by atoms with E-state index in [1.165, 1.54) is 5.56 Å². The molecule has 0 bridgehead atoms. The standard InChI is InChI=1S/C14H15BrN2/c15-12-5-3-4-11(8-12)9-13(16)10-14-6-1-2-7-17-14/h1-8,13H,9-10,16H2. The van der Waals surface area contributed by atoms with Gasteiger partial charge in [0.25, 0.3) is 0 Å². The zero-order valence-electron chi connectivity index (χ0n) is 9.51. The van der Waals surface area contributed by atoms with Crippen molar-refractivity contribution in [1.29, 1.82) is 0 Å². The first-order valence-corrected chi connectivity index (χ1v) is 6.43. The van der Waals surface area contributed by atoms with Crippen LogP contribution in [0.1, 0.15) is 11.3 Å². The first kappa shape index (κ1) is 12.3. The van der Waals surface area contributed by atoms with E-state index in [0.29, 0.717) is 0 Å². The number of rotatable bonds is 4. The molecule has 2 nitrogen and oxygen atoms in total. The van der Waals surface area contributed by atoms with E-state index in [0.717, 1.165) is 23.0 Å². The maximum absolute atomic E-state index is 6.13. The van der Waals surface area contributed by atoms with E-state index < -0.39 is 0 Å². The monoisotopic (exact) mass is 290 g/mol. The Morgan fingerprint density at radius 1 is 1.12 bits per heavy atom. The number of halogens is 1. The lowest BCUT2D eigenvalue weighted by Crippen LogP contribution is -2.25. The summed E-state index contributed by atoms with van der Waals surface area (Å²) in [6, 6.07) is 14.3. The largest absolute Gasteiger partial charge is 0.327 e. The number of nitrogens with zero attached hydrogens (tertiary/aromatic N) is 1. The summed E-state index contributed by atoms with van der Waals surface area (Å²) in [6.45, 7) is 0. The quantitative estimate of drug-likeness (QED) is 0.940. The Labute approximate surface area is 110 Å². The maximum atomic E-state index is 6.13. The normalized spacial score (nSPS) is 12.4. The Kier molecular flexibility index (Phi) is 4.29. The molecule has 0 aliphatic heterocycles. The van der Waals surface area contributed by atoms with E-state index in [9.17, 15) is 0 Å². The number of aromatic nitrogens is 1. The first-order chi connectivity index (χ1) is 8.24. The van der Waals surface area contributed by atoms with E-state index in [2.05, 4.69) is 33.0 Å². The third-order valence-electron chi connectivity index (χ3n) is 2.58. The molecule has 17 heavy (non-hydrogen) atoms. The third kappa shape index (κ3) is 3.95. The summed E-state index contributed by atoms with van der Waals surface area (Å²) in [6.07, 6.45) is 3.49. The van der Waals surface area contributed by atoms with Crippen LogP contribution in [0, 0.1) is 0 Å². The zero-order valence-corrected chi connectivity index (χ0v) is 11.1. The van der Waals surface area contributed by atoms with Gasteiger partial charge in [0.15, 0.2) is 0 Å². The summed E-state index contributed by atoms with van der Waals surface area (Å²) in [5.41, 5.74) is 8.44. The molecule has 0 aliphatic carbocycles. The molecule has 1 heterocycles. The second-order valence-corrected chi connectivity index (χ2v) is 5.03. The van der Waals surface area contributed by atoms with Gasteiger partial charge in [-0.1, -0.05) is 34.1 Å². The van der Waals surface area contributed by atoms with Crippen molar-refractivity contribution in [2.45, 2.75) is 18.9 Å². The molecule has 0 radical (unpaired) electrons. The number of nitrogens with two attached hydrogens (primary N) is 1. The summed E-state index contributed by atoms with van der Waals surface area (Å²) in [5.74, 6) is 0. The van der Waals surface area contributed by atoms with Crippen molar-refractivity contribution in [2.75, 3.05) is 0 Å². The lowest BCUT2D eigenvalue weighted by atomic mass is 10.0. The topological polar surface area (TPSA) is 38.9 Å². The molecule has 0 saturated carbocycles. The van der Waals surface area contributed by atoms with Crippen LogP contribution in [0.5, 0.6) is 0 Å². The molecule has 0 saturated heterocycles. The minimum absolute atomic E-state index is 0.110. The smallest absolute Gasteiger partial charge is 0.0419 e. The first-order valence-electron chi connectivity index (χ1n) is 5.64. The fourth-order valence-corrected chi connectivity index (χ4v) is 2.27. The SMILES string of the molecule is NC(Cc1cccc(Br)c1)Cc1ccccn1. The molecule has 3 heteroatoms. The van der Waals surface area contributed by atoms with Gasteiger partial charge < -0.3 is 5.73 Å². The Bertz CT molecular complexity index is 471. The average Bonchev–Trinajstić information content (AvgIpc) is 2.30. The second-order valence-electron chi connectivity index (χ2n) is 4.12. The number of hydrogen-bond acceptors (Lipinski definition) is 2. The molecule has 1 atom stereocenters. The van der Waals surface area contributed by atoms with Crippen molar-refractivity contribution >= 4 is 15.9 Å². The van der Waals surface area contributed by atoms with E-state index >= 15 is 0 Å². The number of pyridine rings is 1. The number of benzene rings is 1. The summed E-state index contributed by atoms with van der Waals surface area (Å²) in [4.78, 5) is 4.29. The van der Waals surface area contributed by atoms with Gasteiger partial charge in [-0.25, -0.2) is 0 Å². The van der Waals surface area contributed by atoms with Crippen molar-refractivity contribution in [3.05, 3.63) is 64.4 Å². The van der Waals surface area contributed by atoms with Gasteiger partial charge in [0.1, 0.15) is 0 Å². The molecule has 2 N–H and O–H groups in total. The highest BCUT2D eigenvalue weighted by atomic mass is 79.9. The van der Waals surface area contributed by atoms with Crippen molar-refractivity contribution in [3.8, 4) is 0 Å². The fourth-order valence-electron chi connectivity index (χ4n) is 1.83. The molecule has 1 aromatic heterocycles. The Balaban J connectivity index is 1.96. The van der Waals surface area contributed by atoms with Gasteiger partial charge in [-0.15, -0.1) is 0 Å². The van der Waals surface area contributed by atoms with Crippen molar-refractivity contribution in [2.24, 2.45) is 5.73 Å². The Morgan fingerprint density at radius 2 is 2.00 bits per heavy atom. The highest BCUT2D eigenvalue weighted by Gasteiger charge is 2.06. The molecule has 2 aromatic rings. The minimum Gasteiger partial charge on any atom is -0.327 e. The third-order valence-corrected chi connectivity index (χ3v) is 3.08. The molecule has 1 unspecified atom stereocenters. The second kappa shape index (κ2) is 5.94. The molecular weight excluding hydrogens is 276 g/mol. The molecule has 88 valence electrons.